The molecule has 1 aliphatic rings. The van der Waals surface area contributed by atoms with E-state index >= 15 is 0 Å². The Morgan fingerprint density at radius 1 is 1.29 bits per heavy atom. The lowest BCUT2D eigenvalue weighted by Crippen LogP contribution is -2.09. The van der Waals surface area contributed by atoms with Crippen molar-refractivity contribution in [2.24, 2.45) is 0 Å². The SMILES string of the molecule is Cl.Fc1ccc(F)c(C2CCNC2)c1. The van der Waals surface area contributed by atoms with Crippen molar-refractivity contribution in [3.8, 4) is 0 Å². The van der Waals surface area contributed by atoms with Gasteiger partial charge in [-0.05, 0) is 36.7 Å². The maximum absolute atomic E-state index is 13.2. The third-order valence-electron chi connectivity index (χ3n) is 2.46. The van der Waals surface area contributed by atoms with E-state index in [4.69, 9.17) is 0 Å². The lowest BCUT2D eigenvalue weighted by Gasteiger charge is -2.09. The number of benzene rings is 1. The van der Waals surface area contributed by atoms with Gasteiger partial charge in [-0.25, -0.2) is 8.78 Å². The predicted molar refractivity (Wildman–Crippen MR) is 53.8 cm³/mol. The fourth-order valence-corrected chi connectivity index (χ4v) is 1.75. The minimum atomic E-state index is -0.358. The van der Waals surface area contributed by atoms with Crippen molar-refractivity contribution in [3.05, 3.63) is 35.4 Å². The second-order valence-electron chi connectivity index (χ2n) is 3.36. The molecule has 1 aromatic carbocycles. The summed E-state index contributed by atoms with van der Waals surface area (Å²) < 4.78 is 26.0. The second-order valence-corrected chi connectivity index (χ2v) is 3.36. The van der Waals surface area contributed by atoms with Gasteiger partial charge in [0.2, 0.25) is 0 Å². The van der Waals surface area contributed by atoms with Crippen LogP contribution in [0.5, 0.6) is 0 Å². The summed E-state index contributed by atoms with van der Waals surface area (Å²) >= 11 is 0. The van der Waals surface area contributed by atoms with Crippen LogP contribution in [-0.2, 0) is 0 Å². The molecule has 1 aromatic rings. The lowest BCUT2D eigenvalue weighted by molar-refractivity contribution is 0.567. The molecule has 1 saturated heterocycles. The highest BCUT2D eigenvalue weighted by Crippen LogP contribution is 2.25. The quantitative estimate of drug-likeness (QED) is 0.765. The van der Waals surface area contributed by atoms with Gasteiger partial charge in [0, 0.05) is 12.5 Å². The zero-order valence-electron chi connectivity index (χ0n) is 7.59. The van der Waals surface area contributed by atoms with Crippen molar-refractivity contribution in [1.29, 1.82) is 0 Å². The first kappa shape index (κ1) is 11.4. The Balaban J connectivity index is 0.000000980. The molecule has 14 heavy (non-hydrogen) atoms. The minimum absolute atomic E-state index is 0. The van der Waals surface area contributed by atoms with E-state index in [1.807, 2.05) is 0 Å². The Kier molecular flexibility index (Phi) is 3.84. The third-order valence-corrected chi connectivity index (χ3v) is 2.46. The van der Waals surface area contributed by atoms with Gasteiger partial charge in [0.25, 0.3) is 0 Å². The topological polar surface area (TPSA) is 12.0 Å². The maximum atomic E-state index is 13.2. The van der Waals surface area contributed by atoms with Gasteiger partial charge in [-0.3, -0.25) is 0 Å². The summed E-state index contributed by atoms with van der Waals surface area (Å²) in [6.45, 7) is 1.64. The van der Waals surface area contributed by atoms with E-state index in [0.717, 1.165) is 25.6 Å². The molecule has 1 fully saturated rings. The summed E-state index contributed by atoms with van der Waals surface area (Å²) in [5, 5.41) is 3.13. The zero-order chi connectivity index (χ0) is 9.26. The first-order valence-electron chi connectivity index (χ1n) is 4.43. The molecule has 0 spiro atoms. The molecule has 4 heteroatoms. The molecule has 0 aromatic heterocycles. The molecule has 1 atom stereocenters. The fourth-order valence-electron chi connectivity index (χ4n) is 1.75. The van der Waals surface area contributed by atoms with Gasteiger partial charge in [-0.2, -0.15) is 0 Å². The maximum Gasteiger partial charge on any atom is 0.126 e. The zero-order valence-corrected chi connectivity index (χ0v) is 8.41. The molecule has 78 valence electrons. The summed E-state index contributed by atoms with van der Waals surface area (Å²) in [5.74, 6) is -0.519. The van der Waals surface area contributed by atoms with Crippen LogP contribution in [-0.4, -0.2) is 13.1 Å². The molecule has 1 heterocycles. The minimum Gasteiger partial charge on any atom is -0.316 e. The number of nitrogens with one attached hydrogen (secondary N) is 1. The van der Waals surface area contributed by atoms with Crippen LogP contribution < -0.4 is 5.32 Å². The summed E-state index contributed by atoms with van der Waals surface area (Å²) in [7, 11) is 0. The fraction of sp³-hybridized carbons (Fsp3) is 0.400. The van der Waals surface area contributed by atoms with Crippen LogP contribution in [0, 0.1) is 11.6 Å². The Hall–Kier alpha value is -0.670. The second kappa shape index (κ2) is 4.71. The lowest BCUT2D eigenvalue weighted by atomic mass is 9.98. The van der Waals surface area contributed by atoms with Crippen LogP contribution in [0.25, 0.3) is 0 Å². The van der Waals surface area contributed by atoms with Crippen LogP contribution in [0.3, 0.4) is 0 Å². The Morgan fingerprint density at radius 2 is 2.07 bits per heavy atom. The molecule has 0 aliphatic carbocycles. The Morgan fingerprint density at radius 3 is 2.71 bits per heavy atom. The van der Waals surface area contributed by atoms with Gasteiger partial charge < -0.3 is 5.32 Å². The summed E-state index contributed by atoms with van der Waals surface area (Å²) in [6.07, 6.45) is 0.889. The van der Waals surface area contributed by atoms with Crippen molar-refractivity contribution in [1.82, 2.24) is 5.32 Å². The van der Waals surface area contributed by atoms with Crippen molar-refractivity contribution in [3.63, 3.8) is 0 Å². The van der Waals surface area contributed by atoms with Gasteiger partial charge in [-0.1, -0.05) is 0 Å². The summed E-state index contributed by atoms with van der Waals surface area (Å²) in [4.78, 5) is 0. The highest BCUT2D eigenvalue weighted by molar-refractivity contribution is 5.85. The molecular weight excluding hydrogens is 208 g/mol. The van der Waals surface area contributed by atoms with Crippen LogP contribution in [0.4, 0.5) is 8.78 Å². The average molecular weight is 220 g/mol. The van der Waals surface area contributed by atoms with Crippen LogP contribution >= 0.6 is 12.4 Å². The molecule has 1 nitrogen and oxygen atoms in total. The normalized spacial score (nSPS) is 20.6. The van der Waals surface area contributed by atoms with Crippen molar-refractivity contribution in [2.75, 3.05) is 13.1 Å². The van der Waals surface area contributed by atoms with E-state index in [0.29, 0.717) is 5.56 Å². The summed E-state index contributed by atoms with van der Waals surface area (Å²) in [5.41, 5.74) is 0.505. The van der Waals surface area contributed by atoms with Crippen molar-refractivity contribution >= 4 is 12.4 Å². The first-order valence-corrected chi connectivity index (χ1v) is 4.43. The largest absolute Gasteiger partial charge is 0.316 e. The average Bonchev–Trinajstić information content (AvgIpc) is 2.61. The number of halogens is 3. The molecule has 1 unspecified atom stereocenters. The smallest absolute Gasteiger partial charge is 0.126 e. The molecule has 2 rings (SSSR count). The predicted octanol–water partition coefficient (Wildman–Crippen LogP) is 2.46. The Bertz CT molecular complexity index is 311. The number of rotatable bonds is 1. The van der Waals surface area contributed by atoms with E-state index in [1.54, 1.807) is 0 Å². The van der Waals surface area contributed by atoms with Crippen LogP contribution in [0.15, 0.2) is 18.2 Å². The monoisotopic (exact) mass is 219 g/mol. The van der Waals surface area contributed by atoms with E-state index in [-0.39, 0.29) is 30.0 Å². The number of hydrogen-bond donors (Lipinski definition) is 1. The van der Waals surface area contributed by atoms with Gasteiger partial charge in [0.15, 0.2) is 0 Å². The highest BCUT2D eigenvalue weighted by atomic mass is 35.5. The molecule has 0 bridgehead atoms. The molecule has 0 saturated carbocycles. The molecule has 1 aliphatic heterocycles. The van der Waals surface area contributed by atoms with E-state index in [9.17, 15) is 8.78 Å². The molecule has 0 radical (unpaired) electrons. The molecule has 0 amide bonds. The van der Waals surface area contributed by atoms with Crippen LogP contribution in [0.1, 0.15) is 17.9 Å². The van der Waals surface area contributed by atoms with Gasteiger partial charge in [0.05, 0.1) is 0 Å². The first-order chi connectivity index (χ1) is 6.27. The Labute approximate surface area is 87.9 Å². The third kappa shape index (κ3) is 2.22. The van der Waals surface area contributed by atoms with Gasteiger partial charge >= 0.3 is 0 Å². The van der Waals surface area contributed by atoms with E-state index < -0.39 is 0 Å². The molecular formula is C10H12ClF2N. The van der Waals surface area contributed by atoms with E-state index in [1.165, 1.54) is 12.1 Å². The molecule has 1 N–H and O–H groups in total. The van der Waals surface area contributed by atoms with Crippen LogP contribution in [0.2, 0.25) is 0 Å². The van der Waals surface area contributed by atoms with Crippen molar-refractivity contribution in [2.45, 2.75) is 12.3 Å². The highest BCUT2D eigenvalue weighted by Gasteiger charge is 2.20. The van der Waals surface area contributed by atoms with E-state index in [2.05, 4.69) is 5.32 Å². The number of hydrogen-bond acceptors (Lipinski definition) is 1. The van der Waals surface area contributed by atoms with Gasteiger partial charge in [0.1, 0.15) is 11.6 Å². The van der Waals surface area contributed by atoms with Crippen molar-refractivity contribution < 1.29 is 8.78 Å². The van der Waals surface area contributed by atoms with Gasteiger partial charge in [-0.15, -0.1) is 12.4 Å². The summed E-state index contributed by atoms with van der Waals surface area (Å²) in [6, 6.07) is 3.65. The standard InChI is InChI=1S/C10H11F2N.ClH/c11-8-1-2-10(12)9(5-8)7-3-4-13-6-7;/h1-2,5,7,13H,3-4,6H2;1H.